The van der Waals surface area contributed by atoms with Gasteiger partial charge in [0.1, 0.15) is 0 Å². The number of hydrogen-bond acceptors (Lipinski definition) is 1. The monoisotopic (exact) mass is 205 g/mol. The molecule has 0 bridgehead atoms. The van der Waals surface area contributed by atoms with Crippen molar-refractivity contribution in [3.8, 4) is 0 Å². The van der Waals surface area contributed by atoms with Crippen molar-refractivity contribution in [2.75, 3.05) is 0 Å². The summed E-state index contributed by atoms with van der Waals surface area (Å²) in [6.45, 7) is 4.18. The fraction of sp³-hybridized carbons (Fsp3) is 0.750. The van der Waals surface area contributed by atoms with Crippen LogP contribution in [0.3, 0.4) is 0 Å². The first-order valence-electron chi connectivity index (χ1n) is 1.98. The van der Waals surface area contributed by atoms with Crippen LogP contribution in [0.15, 0.2) is 0 Å². The Morgan fingerprint density at radius 1 is 1.67 bits per heavy atom. The first-order chi connectivity index (χ1) is 2.91. The summed E-state index contributed by atoms with van der Waals surface area (Å²) in [6, 6.07) is 0. The minimum atomic E-state index is 0.733. The van der Waals surface area contributed by atoms with Crippen molar-refractivity contribution in [1.29, 1.82) is 0 Å². The molecule has 0 saturated carbocycles. The molecular weight excluding hydrogens is 195 g/mol. The molecule has 0 aliphatic rings. The van der Waals surface area contributed by atoms with E-state index in [9.17, 15) is 0 Å². The second-order valence-electron chi connectivity index (χ2n) is 0.816. The molecule has 0 aromatic carbocycles. The summed E-state index contributed by atoms with van der Waals surface area (Å²) in [7, 11) is 4.25. The van der Waals surface area contributed by atoms with Crippen LogP contribution in [0, 0.1) is 6.42 Å². The quantitative estimate of drug-likeness (QED) is 0.626. The van der Waals surface area contributed by atoms with Crippen LogP contribution in [0.5, 0.6) is 0 Å². The minimum absolute atomic E-state index is 0.733. The molecule has 0 aliphatic carbocycles. The van der Waals surface area contributed by atoms with E-state index in [-0.39, 0.29) is 0 Å². The molecule has 0 amide bonds. The summed E-state index contributed by atoms with van der Waals surface area (Å²) < 4.78 is 0. The van der Waals surface area contributed by atoms with Crippen LogP contribution in [0.2, 0.25) is 0 Å². The van der Waals surface area contributed by atoms with Crippen LogP contribution in [0.1, 0.15) is 20.3 Å². The molecular formula is C4H10InS. The van der Waals surface area contributed by atoms with Crippen LogP contribution in [-0.4, -0.2) is 22.4 Å². The molecule has 0 fully saturated rings. The zero-order chi connectivity index (χ0) is 5.41. The Morgan fingerprint density at radius 2 is 1.83 bits per heavy atom. The maximum atomic E-state index is 4.25. The molecule has 0 aromatic rings. The molecule has 0 aliphatic heterocycles. The summed E-state index contributed by atoms with van der Waals surface area (Å²) in [6.07, 6.45) is 3.32. The van der Waals surface area contributed by atoms with Gasteiger partial charge in [0.15, 0.2) is 0 Å². The number of rotatable bonds is 1. The van der Waals surface area contributed by atoms with Gasteiger partial charge in [0.25, 0.3) is 0 Å². The number of hydrogen-bond donors (Lipinski definition) is 0. The van der Waals surface area contributed by atoms with E-state index in [1.54, 1.807) is 0 Å². The molecule has 35 valence electrons. The zero-order valence-corrected chi connectivity index (χ0v) is 9.25. The predicted octanol–water partition coefficient (Wildman–Crippen LogP) is 1.62. The van der Waals surface area contributed by atoms with E-state index in [0.29, 0.717) is 0 Å². The van der Waals surface area contributed by atoms with Crippen LogP contribution in [0.25, 0.3) is 0 Å². The Balaban J connectivity index is 0. The third kappa shape index (κ3) is 19.5. The third-order valence-electron chi connectivity index (χ3n) is 0.408. The summed E-state index contributed by atoms with van der Waals surface area (Å²) >= 11 is 0.733. The average molecular weight is 205 g/mol. The normalized spacial score (nSPS) is 5.50. The van der Waals surface area contributed by atoms with Gasteiger partial charge >= 0.3 is 31.3 Å². The summed E-state index contributed by atoms with van der Waals surface area (Å²) in [5.74, 6) is 0. The van der Waals surface area contributed by atoms with E-state index in [0.717, 1.165) is 22.4 Å². The fourth-order valence-corrected chi connectivity index (χ4v) is 0. The van der Waals surface area contributed by atoms with Crippen molar-refractivity contribution in [3.05, 3.63) is 6.42 Å². The van der Waals surface area contributed by atoms with Crippen molar-refractivity contribution in [2.24, 2.45) is 0 Å². The van der Waals surface area contributed by atoms with Gasteiger partial charge in [-0.05, 0) is 6.42 Å². The average Bonchev–Trinajstić information content (AvgIpc) is 1.72. The number of unbranched alkanes of at least 4 members (excludes halogenated alkanes) is 1. The molecule has 0 aromatic heterocycles. The van der Waals surface area contributed by atoms with Gasteiger partial charge < -0.3 is 0 Å². The molecule has 0 rings (SSSR count). The first kappa shape index (κ1) is 10.1. The van der Waals surface area contributed by atoms with Gasteiger partial charge in [-0.1, -0.05) is 20.3 Å². The third-order valence-corrected chi connectivity index (χ3v) is 0.408. The molecule has 0 heterocycles. The second-order valence-corrected chi connectivity index (χ2v) is 0.816. The van der Waals surface area contributed by atoms with Gasteiger partial charge in [0.2, 0.25) is 0 Å². The summed E-state index contributed by atoms with van der Waals surface area (Å²) in [5, 5.41) is 0. The Bertz CT molecular complexity index is 15.0. The van der Waals surface area contributed by atoms with E-state index < -0.39 is 0 Å². The van der Waals surface area contributed by atoms with Crippen molar-refractivity contribution < 1.29 is 0 Å². The standard InChI is InChI=1S/C4H9.In.S.H/c1-3-4-2;;;/h3H,4H2,1-2H3;;;. The molecule has 1 radical (unpaired) electrons. The van der Waals surface area contributed by atoms with Crippen molar-refractivity contribution in [1.82, 2.24) is 0 Å². The van der Waals surface area contributed by atoms with Crippen molar-refractivity contribution in [2.45, 2.75) is 20.3 Å². The summed E-state index contributed by atoms with van der Waals surface area (Å²) in [5.41, 5.74) is 0. The van der Waals surface area contributed by atoms with Crippen molar-refractivity contribution >= 4 is 31.3 Å². The SMILES string of the molecule is C[CH]CC.[S]=[InH]. The topological polar surface area (TPSA) is 0 Å². The van der Waals surface area contributed by atoms with Gasteiger partial charge in [-0.3, -0.25) is 0 Å². The Kier molecular flexibility index (Phi) is 28.0. The van der Waals surface area contributed by atoms with Gasteiger partial charge in [-0.2, -0.15) is 0 Å². The van der Waals surface area contributed by atoms with E-state index in [4.69, 9.17) is 0 Å². The predicted molar refractivity (Wildman–Crippen MR) is 35.0 cm³/mol. The van der Waals surface area contributed by atoms with Crippen molar-refractivity contribution in [3.63, 3.8) is 0 Å². The molecule has 0 atom stereocenters. The Morgan fingerprint density at radius 3 is 1.83 bits per heavy atom. The molecule has 2 heteroatoms. The Hall–Kier alpha value is 1.09. The van der Waals surface area contributed by atoms with E-state index >= 15 is 0 Å². The zero-order valence-electron chi connectivity index (χ0n) is 4.40. The van der Waals surface area contributed by atoms with E-state index in [1.165, 1.54) is 6.42 Å². The van der Waals surface area contributed by atoms with Crippen LogP contribution in [-0.2, 0) is 0 Å². The maximum absolute atomic E-state index is 4.25. The van der Waals surface area contributed by atoms with Gasteiger partial charge in [-0.25, -0.2) is 0 Å². The molecule has 6 heavy (non-hydrogen) atoms. The molecule has 0 spiro atoms. The van der Waals surface area contributed by atoms with Crippen LogP contribution in [0.4, 0.5) is 0 Å². The van der Waals surface area contributed by atoms with Gasteiger partial charge in [0.05, 0.1) is 0 Å². The van der Waals surface area contributed by atoms with Gasteiger partial charge in [-0.15, -0.1) is 0 Å². The Labute approximate surface area is 57.9 Å². The van der Waals surface area contributed by atoms with Crippen LogP contribution >= 0.6 is 8.92 Å². The first-order valence-corrected chi connectivity index (χ1v) is 7.50. The van der Waals surface area contributed by atoms with Gasteiger partial charge in [0, 0.05) is 0 Å². The van der Waals surface area contributed by atoms with Crippen LogP contribution < -0.4 is 0 Å². The van der Waals surface area contributed by atoms with E-state index in [1.807, 2.05) is 0 Å². The second kappa shape index (κ2) is 16.5. The molecule has 0 unspecified atom stereocenters. The molecule has 0 nitrogen and oxygen atoms in total. The molecule has 0 saturated heterocycles. The molecule has 0 N–H and O–H groups in total. The summed E-state index contributed by atoms with van der Waals surface area (Å²) in [4.78, 5) is 0. The van der Waals surface area contributed by atoms with E-state index in [2.05, 4.69) is 29.2 Å². The fourth-order valence-electron chi connectivity index (χ4n) is 0.